The number of likely N-dealkylation sites (N-methyl/N-ethyl adjacent to an activating group) is 1. The number of nitrogens with zero attached hydrogens (tertiary/aromatic N) is 2. The van der Waals surface area contributed by atoms with Gasteiger partial charge in [0.15, 0.2) is 0 Å². The third-order valence-corrected chi connectivity index (χ3v) is 4.37. The number of para-hydroxylation sites is 1. The molecular formula is C15H25BrN2. The predicted molar refractivity (Wildman–Crippen MR) is 74.3 cm³/mol. The molecule has 0 aromatic heterocycles. The molecule has 2 rings (SSSR count). The molecule has 0 unspecified atom stereocenters. The van der Waals surface area contributed by atoms with Crippen molar-refractivity contribution in [1.82, 2.24) is 0 Å². The van der Waals surface area contributed by atoms with Gasteiger partial charge in [-0.3, -0.25) is 0 Å². The third kappa shape index (κ3) is 3.48. The Morgan fingerprint density at radius 1 is 1.00 bits per heavy atom. The minimum Gasteiger partial charge on any atom is -1.00 e. The van der Waals surface area contributed by atoms with Gasteiger partial charge in [-0.1, -0.05) is 18.2 Å². The normalized spacial score (nSPS) is 18.9. The zero-order valence-corrected chi connectivity index (χ0v) is 13.2. The van der Waals surface area contributed by atoms with Crippen LogP contribution in [0.5, 0.6) is 0 Å². The molecule has 0 saturated carbocycles. The molecule has 1 saturated heterocycles. The van der Waals surface area contributed by atoms with E-state index in [1.54, 1.807) is 0 Å². The minimum atomic E-state index is 0. The van der Waals surface area contributed by atoms with Crippen LogP contribution in [0.3, 0.4) is 0 Å². The number of anilines is 1. The van der Waals surface area contributed by atoms with Gasteiger partial charge in [0, 0.05) is 18.7 Å². The standard InChI is InChI=1S/C15H25N2.BrH/c1-3-17(4-2)13-8-11-16(12-14-17)15-9-6-5-7-10-15;/h5-7,9-10H,3-4,8,11-14H2,1-2H3;1H/q+1;/p-1. The number of hydrogen-bond donors (Lipinski definition) is 0. The van der Waals surface area contributed by atoms with Crippen LogP contribution in [-0.4, -0.2) is 43.8 Å². The molecule has 2 nitrogen and oxygen atoms in total. The van der Waals surface area contributed by atoms with Gasteiger partial charge in [0.2, 0.25) is 0 Å². The second-order valence-corrected chi connectivity index (χ2v) is 5.10. The number of halogens is 1. The molecule has 1 aliphatic heterocycles. The lowest BCUT2D eigenvalue weighted by Crippen LogP contribution is -3.00. The third-order valence-electron chi connectivity index (χ3n) is 4.37. The van der Waals surface area contributed by atoms with Crippen LogP contribution < -0.4 is 21.9 Å². The number of rotatable bonds is 3. The highest BCUT2D eigenvalue weighted by atomic mass is 79.9. The van der Waals surface area contributed by atoms with Gasteiger partial charge in [-0.15, -0.1) is 0 Å². The fourth-order valence-corrected chi connectivity index (χ4v) is 2.91. The minimum absolute atomic E-state index is 0. The van der Waals surface area contributed by atoms with E-state index < -0.39 is 0 Å². The van der Waals surface area contributed by atoms with Crippen LogP contribution in [0.15, 0.2) is 30.3 Å². The highest BCUT2D eigenvalue weighted by Gasteiger charge is 2.27. The van der Waals surface area contributed by atoms with E-state index in [2.05, 4.69) is 49.1 Å². The van der Waals surface area contributed by atoms with Crippen molar-refractivity contribution in [3.05, 3.63) is 30.3 Å². The average molecular weight is 313 g/mol. The van der Waals surface area contributed by atoms with Crippen molar-refractivity contribution < 1.29 is 21.5 Å². The zero-order valence-electron chi connectivity index (χ0n) is 11.6. The maximum Gasteiger partial charge on any atom is 0.0964 e. The van der Waals surface area contributed by atoms with Gasteiger partial charge in [0.25, 0.3) is 0 Å². The van der Waals surface area contributed by atoms with E-state index in [4.69, 9.17) is 0 Å². The molecule has 102 valence electrons. The van der Waals surface area contributed by atoms with Crippen LogP contribution in [-0.2, 0) is 0 Å². The molecular weight excluding hydrogens is 288 g/mol. The lowest BCUT2D eigenvalue weighted by Gasteiger charge is -2.35. The van der Waals surface area contributed by atoms with Crippen molar-refractivity contribution in [2.24, 2.45) is 0 Å². The van der Waals surface area contributed by atoms with Crippen LogP contribution in [0.1, 0.15) is 20.3 Å². The Hall–Kier alpha value is -0.540. The first-order chi connectivity index (χ1) is 8.29. The van der Waals surface area contributed by atoms with Crippen molar-refractivity contribution in [2.75, 3.05) is 44.2 Å². The Morgan fingerprint density at radius 2 is 1.67 bits per heavy atom. The molecule has 3 heteroatoms. The molecule has 0 radical (unpaired) electrons. The van der Waals surface area contributed by atoms with Crippen LogP contribution >= 0.6 is 0 Å². The number of benzene rings is 1. The molecule has 1 aliphatic rings. The van der Waals surface area contributed by atoms with E-state index in [0.717, 1.165) is 0 Å². The van der Waals surface area contributed by atoms with Crippen LogP contribution in [0.4, 0.5) is 5.69 Å². The zero-order chi connectivity index (χ0) is 12.1. The van der Waals surface area contributed by atoms with E-state index in [1.807, 2.05) is 0 Å². The Balaban J connectivity index is 0.00000162. The first-order valence-electron chi connectivity index (χ1n) is 6.95. The van der Waals surface area contributed by atoms with E-state index in [9.17, 15) is 0 Å². The topological polar surface area (TPSA) is 3.24 Å². The molecule has 1 heterocycles. The quantitative estimate of drug-likeness (QED) is 0.696. The lowest BCUT2D eigenvalue weighted by molar-refractivity contribution is -0.922. The summed E-state index contributed by atoms with van der Waals surface area (Å²) in [4.78, 5) is 2.55. The first kappa shape index (κ1) is 15.5. The fourth-order valence-electron chi connectivity index (χ4n) is 2.91. The van der Waals surface area contributed by atoms with Crippen molar-refractivity contribution in [1.29, 1.82) is 0 Å². The molecule has 0 N–H and O–H groups in total. The summed E-state index contributed by atoms with van der Waals surface area (Å²) < 4.78 is 1.29. The number of hydrogen-bond acceptors (Lipinski definition) is 1. The summed E-state index contributed by atoms with van der Waals surface area (Å²) in [6.07, 6.45) is 1.32. The van der Waals surface area contributed by atoms with Crippen LogP contribution in [0.25, 0.3) is 0 Å². The summed E-state index contributed by atoms with van der Waals surface area (Å²) >= 11 is 0. The predicted octanol–water partition coefficient (Wildman–Crippen LogP) is -0.243. The molecule has 0 bridgehead atoms. The maximum absolute atomic E-state index is 2.55. The van der Waals surface area contributed by atoms with Gasteiger partial charge in [0.05, 0.1) is 32.7 Å². The van der Waals surface area contributed by atoms with E-state index in [0.29, 0.717) is 0 Å². The van der Waals surface area contributed by atoms with E-state index >= 15 is 0 Å². The smallest absolute Gasteiger partial charge is 0.0964 e. The maximum atomic E-state index is 2.55. The summed E-state index contributed by atoms with van der Waals surface area (Å²) in [5, 5.41) is 0. The lowest BCUT2D eigenvalue weighted by atomic mass is 10.3. The molecule has 1 fully saturated rings. The van der Waals surface area contributed by atoms with Gasteiger partial charge in [-0.05, 0) is 26.0 Å². The van der Waals surface area contributed by atoms with E-state index in [-0.39, 0.29) is 17.0 Å². The van der Waals surface area contributed by atoms with Gasteiger partial charge < -0.3 is 26.4 Å². The molecule has 0 spiro atoms. The Kier molecular flexibility index (Phi) is 6.16. The van der Waals surface area contributed by atoms with Gasteiger partial charge >= 0.3 is 0 Å². The Labute approximate surface area is 122 Å². The highest BCUT2D eigenvalue weighted by Crippen LogP contribution is 2.19. The highest BCUT2D eigenvalue weighted by molar-refractivity contribution is 5.45. The van der Waals surface area contributed by atoms with Gasteiger partial charge in [-0.2, -0.15) is 0 Å². The molecule has 0 aliphatic carbocycles. The first-order valence-corrected chi connectivity index (χ1v) is 6.95. The molecule has 0 atom stereocenters. The van der Waals surface area contributed by atoms with Crippen molar-refractivity contribution in [3.63, 3.8) is 0 Å². The van der Waals surface area contributed by atoms with Crippen molar-refractivity contribution in [3.8, 4) is 0 Å². The average Bonchev–Trinajstić information content (AvgIpc) is 2.63. The van der Waals surface area contributed by atoms with Gasteiger partial charge in [0.1, 0.15) is 0 Å². The summed E-state index contributed by atoms with van der Waals surface area (Å²) in [5.74, 6) is 0. The molecule has 0 amide bonds. The number of quaternary nitrogens is 1. The van der Waals surface area contributed by atoms with E-state index in [1.165, 1.54) is 55.9 Å². The summed E-state index contributed by atoms with van der Waals surface area (Å²) in [5.41, 5.74) is 1.39. The Bertz CT molecular complexity index is 336. The largest absolute Gasteiger partial charge is 1.00 e. The Morgan fingerprint density at radius 3 is 2.28 bits per heavy atom. The molecule has 1 aromatic carbocycles. The van der Waals surface area contributed by atoms with Crippen LogP contribution in [0, 0.1) is 0 Å². The monoisotopic (exact) mass is 312 g/mol. The summed E-state index contributed by atoms with van der Waals surface area (Å²) in [6.45, 7) is 12.3. The fraction of sp³-hybridized carbons (Fsp3) is 0.600. The van der Waals surface area contributed by atoms with Gasteiger partial charge in [-0.25, -0.2) is 0 Å². The van der Waals surface area contributed by atoms with Crippen molar-refractivity contribution in [2.45, 2.75) is 20.3 Å². The second-order valence-electron chi connectivity index (χ2n) is 5.10. The van der Waals surface area contributed by atoms with Crippen LogP contribution in [0.2, 0.25) is 0 Å². The summed E-state index contributed by atoms with van der Waals surface area (Å²) in [6, 6.07) is 10.8. The summed E-state index contributed by atoms with van der Waals surface area (Å²) in [7, 11) is 0. The molecule has 18 heavy (non-hydrogen) atoms. The van der Waals surface area contributed by atoms with Crippen molar-refractivity contribution >= 4 is 5.69 Å². The molecule has 1 aromatic rings. The SMILES string of the molecule is CC[N+]1(CC)CCCN(c2ccccc2)CC1.[Br-]. The second kappa shape index (κ2) is 7.15.